The van der Waals surface area contributed by atoms with E-state index in [1.807, 2.05) is 11.3 Å². The van der Waals surface area contributed by atoms with Crippen molar-refractivity contribution in [2.24, 2.45) is 11.1 Å². The minimum Gasteiger partial charge on any atom is -0.327 e. The van der Waals surface area contributed by atoms with Crippen molar-refractivity contribution >= 4 is 11.3 Å². The van der Waals surface area contributed by atoms with Gasteiger partial charge >= 0.3 is 0 Å². The number of aromatic nitrogens is 1. The monoisotopic (exact) mass is 293 g/mol. The second-order valence-electron chi connectivity index (χ2n) is 7.24. The van der Waals surface area contributed by atoms with E-state index in [2.05, 4.69) is 29.9 Å². The molecule has 3 nitrogen and oxygen atoms in total. The highest BCUT2D eigenvalue weighted by Crippen LogP contribution is 2.36. The summed E-state index contributed by atoms with van der Waals surface area (Å²) in [5.74, 6) is 0.750. The Balaban J connectivity index is 1.60. The molecule has 1 aromatic rings. The van der Waals surface area contributed by atoms with Crippen molar-refractivity contribution in [1.29, 1.82) is 0 Å². The lowest BCUT2D eigenvalue weighted by atomic mass is 9.80. The third kappa shape index (κ3) is 3.07. The van der Waals surface area contributed by atoms with Crippen molar-refractivity contribution in [2.75, 3.05) is 13.1 Å². The standard InChI is InChI=1S/C16H27N3S/c1-16(2)11-19(8-7-14(16)17)10-13-9-18-15(20-13)12-5-3-4-6-12/h9,12,14H,3-8,10-11,17H2,1-2H3. The minimum atomic E-state index is 0.233. The Bertz CT molecular complexity index is 448. The van der Waals surface area contributed by atoms with Crippen LogP contribution in [0.1, 0.15) is 61.8 Å². The molecule has 4 heteroatoms. The van der Waals surface area contributed by atoms with Crippen molar-refractivity contribution in [2.45, 2.75) is 64.5 Å². The Labute approximate surface area is 126 Å². The van der Waals surface area contributed by atoms with Crippen LogP contribution < -0.4 is 5.73 Å². The Kier molecular flexibility index (Phi) is 4.16. The van der Waals surface area contributed by atoms with Crippen LogP contribution in [0.3, 0.4) is 0 Å². The molecule has 1 saturated heterocycles. The zero-order chi connectivity index (χ0) is 14.2. The van der Waals surface area contributed by atoms with Gasteiger partial charge in [-0.25, -0.2) is 4.98 Å². The van der Waals surface area contributed by atoms with Gasteiger partial charge in [-0.3, -0.25) is 4.90 Å². The molecule has 1 unspecified atom stereocenters. The second kappa shape index (κ2) is 5.74. The van der Waals surface area contributed by atoms with E-state index < -0.39 is 0 Å². The Morgan fingerprint density at radius 3 is 2.80 bits per heavy atom. The van der Waals surface area contributed by atoms with Crippen molar-refractivity contribution in [3.8, 4) is 0 Å². The molecular formula is C16H27N3S. The minimum absolute atomic E-state index is 0.233. The lowest BCUT2D eigenvalue weighted by Crippen LogP contribution is -2.51. The van der Waals surface area contributed by atoms with Gasteiger partial charge in [-0.2, -0.15) is 0 Å². The molecule has 2 N–H and O–H groups in total. The van der Waals surface area contributed by atoms with Gasteiger partial charge in [0.2, 0.25) is 0 Å². The zero-order valence-electron chi connectivity index (χ0n) is 12.8. The van der Waals surface area contributed by atoms with Crippen molar-refractivity contribution in [1.82, 2.24) is 9.88 Å². The topological polar surface area (TPSA) is 42.2 Å². The maximum absolute atomic E-state index is 6.22. The van der Waals surface area contributed by atoms with E-state index in [0.29, 0.717) is 6.04 Å². The molecule has 112 valence electrons. The van der Waals surface area contributed by atoms with Crippen molar-refractivity contribution < 1.29 is 0 Å². The number of hydrogen-bond acceptors (Lipinski definition) is 4. The van der Waals surface area contributed by atoms with E-state index in [9.17, 15) is 0 Å². The highest BCUT2D eigenvalue weighted by atomic mass is 32.1. The molecule has 2 heterocycles. The molecule has 0 amide bonds. The van der Waals surface area contributed by atoms with Crippen LogP contribution in [0.25, 0.3) is 0 Å². The smallest absolute Gasteiger partial charge is 0.0959 e. The average molecular weight is 293 g/mol. The fraction of sp³-hybridized carbons (Fsp3) is 0.812. The van der Waals surface area contributed by atoms with Gasteiger partial charge in [0.15, 0.2) is 0 Å². The molecule has 3 rings (SSSR count). The molecule has 2 aliphatic rings. The second-order valence-corrected chi connectivity index (χ2v) is 8.39. The molecule has 1 aromatic heterocycles. The van der Waals surface area contributed by atoms with E-state index in [-0.39, 0.29) is 5.41 Å². The molecule has 0 spiro atoms. The number of rotatable bonds is 3. The lowest BCUT2D eigenvalue weighted by Gasteiger charge is -2.42. The number of nitrogens with two attached hydrogens (primary N) is 1. The molecule has 0 aromatic carbocycles. The van der Waals surface area contributed by atoms with Crippen molar-refractivity contribution in [3.63, 3.8) is 0 Å². The summed E-state index contributed by atoms with van der Waals surface area (Å²) >= 11 is 1.94. The van der Waals surface area contributed by atoms with E-state index in [1.54, 1.807) is 0 Å². The van der Waals surface area contributed by atoms with Gasteiger partial charge in [0.25, 0.3) is 0 Å². The first kappa shape index (κ1) is 14.5. The highest BCUT2D eigenvalue weighted by Gasteiger charge is 2.33. The van der Waals surface area contributed by atoms with Crippen LogP contribution in [0.2, 0.25) is 0 Å². The third-order valence-electron chi connectivity index (χ3n) is 5.05. The Morgan fingerprint density at radius 2 is 2.10 bits per heavy atom. The van der Waals surface area contributed by atoms with Gasteiger partial charge < -0.3 is 5.73 Å². The predicted molar refractivity (Wildman–Crippen MR) is 85.0 cm³/mol. The summed E-state index contributed by atoms with van der Waals surface area (Å²) in [5.41, 5.74) is 6.45. The number of piperidine rings is 1. The van der Waals surface area contributed by atoms with Crippen LogP contribution in [0.5, 0.6) is 0 Å². The third-order valence-corrected chi connectivity index (χ3v) is 6.19. The highest BCUT2D eigenvalue weighted by molar-refractivity contribution is 7.11. The van der Waals surface area contributed by atoms with Gasteiger partial charge in [-0.05, 0) is 24.7 Å². The van der Waals surface area contributed by atoms with Gasteiger partial charge in [0.05, 0.1) is 5.01 Å². The van der Waals surface area contributed by atoms with Crippen LogP contribution >= 0.6 is 11.3 Å². The van der Waals surface area contributed by atoms with E-state index >= 15 is 0 Å². The fourth-order valence-corrected chi connectivity index (χ4v) is 4.73. The van der Waals surface area contributed by atoms with Gasteiger partial charge in [0.1, 0.15) is 0 Å². The number of hydrogen-bond donors (Lipinski definition) is 1. The number of nitrogens with zero attached hydrogens (tertiary/aromatic N) is 2. The SMILES string of the molecule is CC1(C)CN(Cc2cnc(C3CCCC3)s2)CCC1N. The summed E-state index contributed by atoms with van der Waals surface area (Å²) in [6, 6.07) is 0.342. The largest absolute Gasteiger partial charge is 0.327 e. The molecule has 2 fully saturated rings. The van der Waals surface area contributed by atoms with Crippen LogP contribution in [0.4, 0.5) is 0 Å². The first-order valence-corrected chi connectivity index (χ1v) is 8.79. The molecule has 1 atom stereocenters. The summed E-state index contributed by atoms with van der Waals surface area (Å²) in [7, 11) is 0. The lowest BCUT2D eigenvalue weighted by molar-refractivity contribution is 0.0906. The van der Waals surface area contributed by atoms with Gasteiger partial charge in [-0.15, -0.1) is 11.3 Å². The summed E-state index contributed by atoms with van der Waals surface area (Å²) in [4.78, 5) is 8.66. The van der Waals surface area contributed by atoms with E-state index in [4.69, 9.17) is 5.73 Å². The molecule has 0 radical (unpaired) electrons. The van der Waals surface area contributed by atoms with E-state index in [0.717, 1.165) is 32.0 Å². The summed E-state index contributed by atoms with van der Waals surface area (Å²) in [6.45, 7) is 7.87. The fourth-order valence-electron chi connectivity index (χ4n) is 3.60. The van der Waals surface area contributed by atoms with Crippen LogP contribution in [-0.4, -0.2) is 29.0 Å². The first-order chi connectivity index (χ1) is 9.54. The molecule has 1 aliphatic carbocycles. The molecular weight excluding hydrogens is 266 g/mol. The Hall–Kier alpha value is -0.450. The predicted octanol–water partition coefficient (Wildman–Crippen LogP) is 3.36. The first-order valence-electron chi connectivity index (χ1n) is 7.97. The molecule has 1 aliphatic heterocycles. The van der Waals surface area contributed by atoms with Crippen LogP contribution in [0, 0.1) is 5.41 Å². The summed E-state index contributed by atoms with van der Waals surface area (Å²) in [6.07, 6.45) is 8.69. The van der Waals surface area contributed by atoms with Gasteiger partial charge in [0, 0.05) is 42.7 Å². The molecule has 1 saturated carbocycles. The normalized spacial score (nSPS) is 28.1. The quantitative estimate of drug-likeness (QED) is 0.929. The average Bonchev–Trinajstić information content (AvgIpc) is 3.03. The number of likely N-dealkylation sites (tertiary alicyclic amines) is 1. The molecule has 0 bridgehead atoms. The Morgan fingerprint density at radius 1 is 1.35 bits per heavy atom. The number of thiazole rings is 1. The summed E-state index contributed by atoms with van der Waals surface area (Å²) < 4.78 is 0. The summed E-state index contributed by atoms with van der Waals surface area (Å²) in [5, 5.41) is 1.38. The van der Waals surface area contributed by atoms with Gasteiger partial charge in [-0.1, -0.05) is 26.7 Å². The maximum atomic E-state index is 6.22. The zero-order valence-corrected chi connectivity index (χ0v) is 13.6. The molecule has 20 heavy (non-hydrogen) atoms. The van der Waals surface area contributed by atoms with E-state index in [1.165, 1.54) is 35.6 Å². The van der Waals surface area contributed by atoms with Crippen LogP contribution in [0.15, 0.2) is 6.20 Å². The van der Waals surface area contributed by atoms with Crippen molar-refractivity contribution in [3.05, 3.63) is 16.1 Å². The maximum Gasteiger partial charge on any atom is 0.0959 e. The van der Waals surface area contributed by atoms with Crippen LogP contribution in [-0.2, 0) is 6.54 Å².